The minimum Gasteiger partial charge on any atom is -0.492 e. The zero-order valence-corrected chi connectivity index (χ0v) is 16.3. The van der Waals surface area contributed by atoms with Gasteiger partial charge in [0, 0.05) is 18.3 Å². The summed E-state index contributed by atoms with van der Waals surface area (Å²) in [6, 6.07) is 15.8. The SMILES string of the molecule is CC(c1ccccn1)N1CCOc2ccc(-c3ccc(C(F)(F)F)cc3)cc2C1O. The summed E-state index contributed by atoms with van der Waals surface area (Å²) in [5.74, 6) is 0.564. The fraction of sp³-hybridized carbons (Fsp3) is 0.261. The van der Waals surface area contributed by atoms with Crippen LogP contribution in [0.5, 0.6) is 5.75 Å². The molecule has 0 amide bonds. The van der Waals surface area contributed by atoms with Crippen LogP contribution in [0, 0.1) is 0 Å². The van der Waals surface area contributed by atoms with Crippen molar-refractivity contribution in [3.8, 4) is 16.9 Å². The van der Waals surface area contributed by atoms with E-state index in [2.05, 4.69) is 4.98 Å². The zero-order chi connectivity index (χ0) is 21.3. The van der Waals surface area contributed by atoms with E-state index < -0.39 is 18.0 Å². The molecule has 2 unspecified atom stereocenters. The molecule has 1 N–H and O–H groups in total. The summed E-state index contributed by atoms with van der Waals surface area (Å²) < 4.78 is 44.3. The van der Waals surface area contributed by atoms with Crippen molar-refractivity contribution in [3.05, 3.63) is 83.7 Å². The molecule has 2 aromatic carbocycles. The Morgan fingerprint density at radius 1 is 1.07 bits per heavy atom. The average molecular weight is 414 g/mol. The lowest BCUT2D eigenvalue weighted by Crippen LogP contribution is -2.33. The highest BCUT2D eigenvalue weighted by Crippen LogP contribution is 2.38. The molecule has 1 aromatic heterocycles. The van der Waals surface area contributed by atoms with E-state index in [-0.39, 0.29) is 6.04 Å². The van der Waals surface area contributed by atoms with Gasteiger partial charge in [0.1, 0.15) is 18.6 Å². The average Bonchev–Trinajstić information content (AvgIpc) is 2.92. The van der Waals surface area contributed by atoms with Gasteiger partial charge in [-0.3, -0.25) is 9.88 Å². The van der Waals surface area contributed by atoms with Crippen molar-refractivity contribution in [1.82, 2.24) is 9.88 Å². The van der Waals surface area contributed by atoms with Gasteiger partial charge in [-0.25, -0.2) is 0 Å². The lowest BCUT2D eigenvalue weighted by molar-refractivity contribution is -0.137. The van der Waals surface area contributed by atoms with Gasteiger partial charge in [-0.2, -0.15) is 13.2 Å². The van der Waals surface area contributed by atoms with Crippen molar-refractivity contribution >= 4 is 0 Å². The second kappa shape index (κ2) is 8.08. The normalized spacial score (nSPS) is 18.2. The van der Waals surface area contributed by atoms with E-state index in [1.54, 1.807) is 24.4 Å². The molecule has 0 spiro atoms. The van der Waals surface area contributed by atoms with Crippen LogP contribution in [0.4, 0.5) is 13.2 Å². The first-order chi connectivity index (χ1) is 14.3. The number of fused-ring (bicyclic) bond motifs is 1. The van der Waals surface area contributed by atoms with Crippen molar-refractivity contribution in [3.63, 3.8) is 0 Å². The standard InChI is InChI=1S/C23H21F3N2O2/c1-15(20-4-2-3-11-27-20)28-12-13-30-21-10-7-17(14-19(21)22(28)29)16-5-8-18(9-6-16)23(24,25)26/h2-11,14-15,22,29H,12-13H2,1H3. The first-order valence-corrected chi connectivity index (χ1v) is 9.64. The van der Waals surface area contributed by atoms with E-state index in [4.69, 9.17) is 4.74 Å². The minimum absolute atomic E-state index is 0.148. The van der Waals surface area contributed by atoms with Crippen LogP contribution >= 0.6 is 0 Å². The minimum atomic E-state index is -4.38. The number of hydrogen-bond acceptors (Lipinski definition) is 4. The number of aliphatic hydroxyl groups excluding tert-OH is 1. The number of rotatable bonds is 3. The van der Waals surface area contributed by atoms with E-state index in [1.807, 2.05) is 30.0 Å². The van der Waals surface area contributed by atoms with Crippen molar-refractivity contribution in [1.29, 1.82) is 0 Å². The highest BCUT2D eigenvalue weighted by Gasteiger charge is 2.31. The van der Waals surface area contributed by atoms with Crippen LogP contribution in [0.3, 0.4) is 0 Å². The van der Waals surface area contributed by atoms with Gasteiger partial charge in [-0.1, -0.05) is 24.3 Å². The first kappa shape index (κ1) is 20.4. The van der Waals surface area contributed by atoms with Crippen molar-refractivity contribution in [2.45, 2.75) is 25.4 Å². The van der Waals surface area contributed by atoms with E-state index in [0.717, 1.165) is 17.8 Å². The summed E-state index contributed by atoms with van der Waals surface area (Å²) in [5.41, 5.74) is 2.05. The maximum atomic E-state index is 12.8. The van der Waals surface area contributed by atoms with Gasteiger partial charge in [0.15, 0.2) is 0 Å². The Bertz CT molecular complexity index is 1010. The van der Waals surface area contributed by atoms with Gasteiger partial charge in [-0.15, -0.1) is 0 Å². The number of ether oxygens (including phenoxy) is 1. The molecule has 2 atom stereocenters. The lowest BCUT2D eigenvalue weighted by Gasteiger charge is -2.31. The molecule has 3 aromatic rings. The molecule has 0 saturated carbocycles. The Kier molecular flexibility index (Phi) is 5.49. The summed E-state index contributed by atoms with van der Waals surface area (Å²) in [5, 5.41) is 11.1. The second-order valence-corrected chi connectivity index (χ2v) is 7.22. The van der Waals surface area contributed by atoms with E-state index in [0.29, 0.717) is 35.6 Å². The number of benzene rings is 2. The molecule has 0 bridgehead atoms. The molecule has 156 valence electrons. The molecule has 4 nitrogen and oxygen atoms in total. The van der Waals surface area contributed by atoms with Crippen LogP contribution < -0.4 is 4.74 Å². The van der Waals surface area contributed by atoms with Gasteiger partial charge >= 0.3 is 6.18 Å². The predicted molar refractivity (Wildman–Crippen MR) is 107 cm³/mol. The Hall–Kier alpha value is -2.90. The molecule has 2 heterocycles. The van der Waals surface area contributed by atoms with Gasteiger partial charge in [0.05, 0.1) is 17.3 Å². The molecule has 0 aliphatic carbocycles. The summed E-state index contributed by atoms with van der Waals surface area (Å²) in [6.07, 6.45) is -3.60. The predicted octanol–water partition coefficient (Wildman–Crippen LogP) is 5.21. The van der Waals surface area contributed by atoms with E-state index >= 15 is 0 Å². The number of aromatic nitrogens is 1. The van der Waals surface area contributed by atoms with Gasteiger partial charge in [0.2, 0.25) is 0 Å². The first-order valence-electron chi connectivity index (χ1n) is 9.64. The van der Waals surface area contributed by atoms with Crippen molar-refractivity contribution in [2.75, 3.05) is 13.2 Å². The van der Waals surface area contributed by atoms with Gasteiger partial charge in [0.25, 0.3) is 0 Å². The number of hydrogen-bond donors (Lipinski definition) is 1. The Morgan fingerprint density at radius 2 is 1.80 bits per heavy atom. The van der Waals surface area contributed by atoms with Crippen LogP contribution in [-0.4, -0.2) is 28.1 Å². The molecule has 0 saturated heterocycles. The Morgan fingerprint density at radius 3 is 2.47 bits per heavy atom. The molecule has 1 aliphatic heterocycles. The number of halogens is 3. The molecule has 0 fully saturated rings. The molecule has 4 rings (SSSR count). The molecular formula is C23H21F3N2O2. The maximum absolute atomic E-state index is 12.8. The Balaban J connectivity index is 1.66. The van der Waals surface area contributed by atoms with E-state index in [1.165, 1.54) is 12.1 Å². The molecule has 0 radical (unpaired) electrons. The van der Waals surface area contributed by atoms with Crippen molar-refractivity contribution < 1.29 is 23.0 Å². The summed E-state index contributed by atoms with van der Waals surface area (Å²) in [6.45, 7) is 2.88. The zero-order valence-electron chi connectivity index (χ0n) is 16.3. The monoisotopic (exact) mass is 414 g/mol. The van der Waals surface area contributed by atoms with Crippen LogP contribution in [0.1, 0.15) is 36.0 Å². The van der Waals surface area contributed by atoms with Crippen LogP contribution in [0.2, 0.25) is 0 Å². The molecule has 30 heavy (non-hydrogen) atoms. The van der Waals surface area contributed by atoms with Crippen LogP contribution in [0.25, 0.3) is 11.1 Å². The van der Waals surface area contributed by atoms with Crippen LogP contribution in [-0.2, 0) is 6.18 Å². The third kappa shape index (κ3) is 4.04. The quantitative estimate of drug-likeness (QED) is 0.639. The highest BCUT2D eigenvalue weighted by atomic mass is 19.4. The van der Waals surface area contributed by atoms with E-state index in [9.17, 15) is 18.3 Å². The number of alkyl halides is 3. The van der Waals surface area contributed by atoms with Crippen molar-refractivity contribution in [2.24, 2.45) is 0 Å². The fourth-order valence-electron chi connectivity index (χ4n) is 3.67. The lowest BCUT2D eigenvalue weighted by atomic mass is 9.99. The largest absolute Gasteiger partial charge is 0.492 e. The topological polar surface area (TPSA) is 45.6 Å². The van der Waals surface area contributed by atoms with Crippen LogP contribution in [0.15, 0.2) is 66.9 Å². The fourth-order valence-corrected chi connectivity index (χ4v) is 3.67. The third-order valence-corrected chi connectivity index (χ3v) is 5.37. The second-order valence-electron chi connectivity index (χ2n) is 7.22. The van der Waals surface area contributed by atoms with Gasteiger partial charge in [-0.05, 0) is 54.4 Å². The summed E-state index contributed by atoms with van der Waals surface area (Å²) in [7, 11) is 0. The van der Waals surface area contributed by atoms with Gasteiger partial charge < -0.3 is 9.84 Å². The summed E-state index contributed by atoms with van der Waals surface area (Å²) in [4.78, 5) is 6.28. The molecule has 7 heteroatoms. The smallest absolute Gasteiger partial charge is 0.416 e. The Labute approximate surface area is 172 Å². The number of aliphatic hydroxyl groups is 1. The number of nitrogens with zero attached hydrogens (tertiary/aromatic N) is 2. The number of pyridine rings is 1. The molecule has 1 aliphatic rings. The third-order valence-electron chi connectivity index (χ3n) is 5.37. The maximum Gasteiger partial charge on any atom is 0.416 e. The highest BCUT2D eigenvalue weighted by molar-refractivity contribution is 5.66. The summed E-state index contributed by atoms with van der Waals surface area (Å²) >= 11 is 0. The molecular weight excluding hydrogens is 393 g/mol.